The first-order chi connectivity index (χ1) is 8.68. The number of nitrogens with one attached hydrogen (secondary N) is 2. The van der Waals surface area contributed by atoms with Crippen molar-refractivity contribution in [1.82, 2.24) is 15.6 Å². The molecule has 1 aromatic heterocycles. The number of hydrogen-bond acceptors (Lipinski definition) is 3. The molecule has 1 aliphatic heterocycles. The Morgan fingerprint density at radius 1 is 1.50 bits per heavy atom. The Labute approximate surface area is 132 Å². The molecule has 2 rings (SSSR count). The zero-order valence-electron chi connectivity index (χ0n) is 11.9. The third kappa shape index (κ3) is 4.08. The summed E-state index contributed by atoms with van der Waals surface area (Å²) in [5.74, 6) is 0.104. The van der Waals surface area contributed by atoms with E-state index < -0.39 is 0 Å². The molecule has 0 saturated carbocycles. The molecular weight excluding hydrogens is 297 g/mol. The Bertz CT molecular complexity index is 434. The van der Waals surface area contributed by atoms with E-state index in [1.54, 1.807) is 6.20 Å². The number of carbonyl (C=O) groups is 1. The molecule has 2 heterocycles. The summed E-state index contributed by atoms with van der Waals surface area (Å²) in [6.45, 7) is 5.51. The summed E-state index contributed by atoms with van der Waals surface area (Å²) in [5.41, 5.74) is 1.70. The van der Waals surface area contributed by atoms with Gasteiger partial charge in [0.25, 0.3) is 0 Å². The number of pyridine rings is 1. The summed E-state index contributed by atoms with van der Waals surface area (Å²) >= 11 is 0. The van der Waals surface area contributed by atoms with Gasteiger partial charge < -0.3 is 10.6 Å². The standard InChI is InChI=1S/C14H21N3O.2ClH/c1-3-14(7-5-9-17-14)13(18)16-10-12-11(2)6-4-8-15-12;;/h4,6,8,17H,3,5,7,9-10H2,1-2H3,(H,16,18);2*1H. The van der Waals surface area contributed by atoms with Crippen LogP contribution in [0.15, 0.2) is 18.3 Å². The first-order valence-electron chi connectivity index (χ1n) is 6.62. The van der Waals surface area contributed by atoms with E-state index in [0.717, 1.165) is 37.1 Å². The number of nitrogens with zero attached hydrogens (tertiary/aromatic N) is 1. The fraction of sp³-hybridized carbons (Fsp3) is 0.571. The molecule has 0 aromatic carbocycles. The third-order valence-electron chi connectivity index (χ3n) is 3.82. The van der Waals surface area contributed by atoms with Crippen LogP contribution in [0.3, 0.4) is 0 Å². The van der Waals surface area contributed by atoms with Gasteiger partial charge in [0, 0.05) is 6.20 Å². The van der Waals surface area contributed by atoms with Gasteiger partial charge in [-0.1, -0.05) is 13.0 Å². The van der Waals surface area contributed by atoms with Gasteiger partial charge in [-0.15, -0.1) is 24.8 Å². The smallest absolute Gasteiger partial charge is 0.240 e. The number of aryl methyl sites for hydroxylation is 1. The van der Waals surface area contributed by atoms with Crippen LogP contribution in [0.4, 0.5) is 0 Å². The van der Waals surface area contributed by atoms with Crippen LogP contribution >= 0.6 is 24.8 Å². The quantitative estimate of drug-likeness (QED) is 0.896. The monoisotopic (exact) mass is 319 g/mol. The Balaban J connectivity index is 0.00000180. The van der Waals surface area contributed by atoms with Crippen molar-refractivity contribution in [3.05, 3.63) is 29.6 Å². The third-order valence-corrected chi connectivity index (χ3v) is 3.82. The van der Waals surface area contributed by atoms with Gasteiger partial charge in [0.15, 0.2) is 0 Å². The average molecular weight is 320 g/mol. The minimum absolute atomic E-state index is 0. The van der Waals surface area contributed by atoms with E-state index in [0.29, 0.717) is 6.54 Å². The lowest BCUT2D eigenvalue weighted by Crippen LogP contribution is -2.52. The Morgan fingerprint density at radius 2 is 2.25 bits per heavy atom. The van der Waals surface area contributed by atoms with Gasteiger partial charge in [-0.05, 0) is 44.4 Å². The van der Waals surface area contributed by atoms with Crippen molar-refractivity contribution in [2.24, 2.45) is 0 Å². The molecule has 1 amide bonds. The molecule has 6 heteroatoms. The molecule has 2 N–H and O–H groups in total. The number of carbonyl (C=O) groups excluding carboxylic acids is 1. The molecule has 1 atom stereocenters. The molecule has 1 unspecified atom stereocenters. The predicted octanol–water partition coefficient (Wildman–Crippen LogP) is 2.38. The first-order valence-corrected chi connectivity index (χ1v) is 6.62. The van der Waals surface area contributed by atoms with Crippen molar-refractivity contribution in [1.29, 1.82) is 0 Å². The van der Waals surface area contributed by atoms with Crippen LogP contribution in [0.25, 0.3) is 0 Å². The van der Waals surface area contributed by atoms with Crippen LogP contribution in [0, 0.1) is 6.92 Å². The Kier molecular flexibility index (Phi) is 8.09. The molecule has 0 spiro atoms. The Morgan fingerprint density at radius 3 is 2.80 bits per heavy atom. The molecular formula is C14H23Cl2N3O. The molecule has 0 aliphatic carbocycles. The van der Waals surface area contributed by atoms with Gasteiger partial charge in [-0.25, -0.2) is 0 Å². The number of amides is 1. The first kappa shape index (κ1) is 19.2. The number of aromatic nitrogens is 1. The lowest BCUT2D eigenvalue weighted by Gasteiger charge is -2.26. The van der Waals surface area contributed by atoms with Crippen LogP contribution < -0.4 is 10.6 Å². The highest BCUT2D eigenvalue weighted by atomic mass is 35.5. The van der Waals surface area contributed by atoms with Crippen LogP contribution in [0.2, 0.25) is 0 Å². The molecule has 1 aliphatic rings. The van der Waals surface area contributed by atoms with E-state index in [1.807, 2.05) is 19.1 Å². The van der Waals surface area contributed by atoms with Crippen molar-refractivity contribution in [3.63, 3.8) is 0 Å². The number of halogens is 2. The number of rotatable bonds is 4. The summed E-state index contributed by atoms with van der Waals surface area (Å²) in [4.78, 5) is 16.6. The maximum Gasteiger partial charge on any atom is 0.240 e. The minimum Gasteiger partial charge on any atom is -0.349 e. The number of hydrogen-bond donors (Lipinski definition) is 2. The van der Waals surface area contributed by atoms with Crippen molar-refractivity contribution in [2.75, 3.05) is 6.54 Å². The maximum atomic E-state index is 12.3. The fourth-order valence-electron chi connectivity index (χ4n) is 2.50. The lowest BCUT2D eigenvalue weighted by atomic mass is 9.93. The van der Waals surface area contributed by atoms with Gasteiger partial charge in [0.05, 0.1) is 17.8 Å². The minimum atomic E-state index is -0.358. The normalized spacial score (nSPS) is 20.7. The molecule has 0 bridgehead atoms. The molecule has 1 saturated heterocycles. The van der Waals surface area contributed by atoms with Gasteiger partial charge in [0.2, 0.25) is 5.91 Å². The second kappa shape index (κ2) is 8.45. The van der Waals surface area contributed by atoms with Crippen LogP contribution in [0.5, 0.6) is 0 Å². The molecule has 4 nitrogen and oxygen atoms in total. The van der Waals surface area contributed by atoms with E-state index >= 15 is 0 Å². The van der Waals surface area contributed by atoms with E-state index in [2.05, 4.69) is 22.5 Å². The second-order valence-corrected chi connectivity index (χ2v) is 4.92. The van der Waals surface area contributed by atoms with Crippen LogP contribution in [0.1, 0.15) is 37.4 Å². The van der Waals surface area contributed by atoms with Gasteiger partial charge in [-0.2, -0.15) is 0 Å². The summed E-state index contributed by atoms with van der Waals surface area (Å²) in [6.07, 6.45) is 4.60. The van der Waals surface area contributed by atoms with E-state index in [1.165, 1.54) is 0 Å². The summed E-state index contributed by atoms with van der Waals surface area (Å²) in [5, 5.41) is 6.35. The highest BCUT2D eigenvalue weighted by Gasteiger charge is 2.38. The highest BCUT2D eigenvalue weighted by molar-refractivity contribution is 5.86. The molecule has 114 valence electrons. The zero-order valence-corrected chi connectivity index (χ0v) is 13.6. The summed E-state index contributed by atoms with van der Waals surface area (Å²) in [7, 11) is 0. The lowest BCUT2D eigenvalue weighted by molar-refractivity contribution is -0.127. The molecule has 1 fully saturated rings. The van der Waals surface area contributed by atoms with Crippen molar-refractivity contribution >= 4 is 30.7 Å². The van der Waals surface area contributed by atoms with E-state index in [-0.39, 0.29) is 36.3 Å². The van der Waals surface area contributed by atoms with Crippen molar-refractivity contribution in [3.8, 4) is 0 Å². The van der Waals surface area contributed by atoms with Gasteiger partial charge in [0.1, 0.15) is 0 Å². The van der Waals surface area contributed by atoms with E-state index in [4.69, 9.17) is 0 Å². The zero-order chi connectivity index (χ0) is 13.0. The fourth-order valence-corrected chi connectivity index (χ4v) is 2.50. The largest absolute Gasteiger partial charge is 0.349 e. The van der Waals surface area contributed by atoms with Crippen molar-refractivity contribution in [2.45, 2.75) is 45.2 Å². The molecule has 1 aromatic rings. The van der Waals surface area contributed by atoms with Gasteiger partial charge >= 0.3 is 0 Å². The second-order valence-electron chi connectivity index (χ2n) is 4.92. The topological polar surface area (TPSA) is 54.0 Å². The van der Waals surface area contributed by atoms with Crippen LogP contribution in [-0.2, 0) is 11.3 Å². The van der Waals surface area contributed by atoms with Crippen molar-refractivity contribution < 1.29 is 4.79 Å². The molecule has 20 heavy (non-hydrogen) atoms. The Hall–Kier alpha value is -0.840. The average Bonchev–Trinajstić information content (AvgIpc) is 2.87. The highest BCUT2D eigenvalue weighted by Crippen LogP contribution is 2.23. The van der Waals surface area contributed by atoms with E-state index in [9.17, 15) is 4.79 Å². The predicted molar refractivity (Wildman–Crippen MR) is 85.6 cm³/mol. The van der Waals surface area contributed by atoms with Gasteiger partial charge in [-0.3, -0.25) is 9.78 Å². The SMILES string of the molecule is CCC1(C(=O)NCc2ncccc2C)CCCN1.Cl.Cl. The van der Waals surface area contributed by atoms with Crippen LogP contribution in [-0.4, -0.2) is 23.0 Å². The molecule has 0 radical (unpaired) electrons. The summed E-state index contributed by atoms with van der Waals surface area (Å²) < 4.78 is 0. The summed E-state index contributed by atoms with van der Waals surface area (Å²) in [6, 6.07) is 3.92. The maximum absolute atomic E-state index is 12.3.